The fourth-order valence-corrected chi connectivity index (χ4v) is 1.33. The molecule has 0 saturated carbocycles. The Morgan fingerprint density at radius 2 is 2.24 bits per heavy atom. The zero-order valence-corrected chi connectivity index (χ0v) is 9.26. The molecule has 0 fully saturated rings. The van der Waals surface area contributed by atoms with E-state index in [4.69, 9.17) is 5.11 Å². The third-order valence-electron chi connectivity index (χ3n) is 2.14. The van der Waals surface area contributed by atoms with Crippen molar-refractivity contribution < 1.29 is 14.8 Å². The Bertz CT molecular complexity index is 406. The van der Waals surface area contributed by atoms with Gasteiger partial charge in [-0.05, 0) is 12.0 Å². The molecule has 92 valence electrons. The first-order valence-corrected chi connectivity index (χ1v) is 5.24. The number of benzene rings is 1. The van der Waals surface area contributed by atoms with Crippen molar-refractivity contribution in [1.29, 1.82) is 0 Å². The van der Waals surface area contributed by atoms with Gasteiger partial charge in [0.1, 0.15) is 0 Å². The first-order chi connectivity index (χ1) is 8.13. The van der Waals surface area contributed by atoms with E-state index in [0.717, 1.165) is 0 Å². The van der Waals surface area contributed by atoms with Crippen LogP contribution in [0.5, 0.6) is 0 Å². The predicted octanol–water partition coefficient (Wildman–Crippen LogP) is 0.636. The Hall–Kier alpha value is -1.95. The maximum absolute atomic E-state index is 11.4. The van der Waals surface area contributed by atoms with Gasteiger partial charge in [0, 0.05) is 25.3 Å². The lowest BCUT2D eigenvalue weighted by molar-refractivity contribution is -0.384. The van der Waals surface area contributed by atoms with E-state index in [0.29, 0.717) is 18.5 Å². The average Bonchev–Trinajstić information content (AvgIpc) is 2.29. The number of aliphatic hydroxyl groups is 1. The van der Waals surface area contributed by atoms with Crippen molar-refractivity contribution >= 4 is 11.6 Å². The Balaban J connectivity index is 2.53. The fraction of sp³-hybridized carbons (Fsp3) is 0.364. The van der Waals surface area contributed by atoms with E-state index in [9.17, 15) is 14.9 Å². The molecule has 0 spiro atoms. The van der Waals surface area contributed by atoms with Crippen LogP contribution in [-0.2, 0) is 11.2 Å². The van der Waals surface area contributed by atoms with Crippen LogP contribution in [0.25, 0.3) is 0 Å². The molecule has 17 heavy (non-hydrogen) atoms. The molecule has 6 nitrogen and oxygen atoms in total. The van der Waals surface area contributed by atoms with Crippen LogP contribution in [0.3, 0.4) is 0 Å². The molecule has 1 aromatic rings. The van der Waals surface area contributed by atoms with Gasteiger partial charge in [-0.3, -0.25) is 14.9 Å². The highest BCUT2D eigenvalue weighted by Crippen LogP contribution is 2.13. The highest BCUT2D eigenvalue weighted by Gasteiger charge is 2.08. The number of hydrogen-bond acceptors (Lipinski definition) is 4. The van der Waals surface area contributed by atoms with Gasteiger partial charge in [-0.2, -0.15) is 0 Å². The van der Waals surface area contributed by atoms with Crippen molar-refractivity contribution in [2.75, 3.05) is 13.2 Å². The van der Waals surface area contributed by atoms with Gasteiger partial charge in [0.2, 0.25) is 5.91 Å². The molecular weight excluding hydrogens is 224 g/mol. The minimum Gasteiger partial charge on any atom is -0.396 e. The second kappa shape index (κ2) is 6.59. The molecule has 0 saturated heterocycles. The summed E-state index contributed by atoms with van der Waals surface area (Å²) in [4.78, 5) is 21.4. The largest absolute Gasteiger partial charge is 0.396 e. The van der Waals surface area contributed by atoms with Crippen molar-refractivity contribution in [3.05, 3.63) is 39.9 Å². The number of nitro benzene ring substituents is 1. The lowest BCUT2D eigenvalue weighted by Gasteiger charge is -2.03. The van der Waals surface area contributed by atoms with Crippen molar-refractivity contribution in [1.82, 2.24) is 5.32 Å². The molecule has 1 aromatic carbocycles. The summed E-state index contributed by atoms with van der Waals surface area (Å²) in [5, 5.41) is 21.7. The van der Waals surface area contributed by atoms with Gasteiger partial charge >= 0.3 is 0 Å². The molecule has 1 amide bonds. The number of nitro groups is 1. The van der Waals surface area contributed by atoms with E-state index in [-0.39, 0.29) is 24.6 Å². The van der Waals surface area contributed by atoms with Crippen LogP contribution in [0.4, 0.5) is 5.69 Å². The van der Waals surface area contributed by atoms with Crippen LogP contribution in [-0.4, -0.2) is 29.1 Å². The van der Waals surface area contributed by atoms with Crippen molar-refractivity contribution in [3.8, 4) is 0 Å². The number of non-ortho nitro benzene ring substituents is 1. The molecule has 0 radical (unpaired) electrons. The van der Waals surface area contributed by atoms with E-state index in [1.807, 2.05) is 0 Å². The summed E-state index contributed by atoms with van der Waals surface area (Å²) in [6.07, 6.45) is 0.605. The first kappa shape index (κ1) is 13.1. The van der Waals surface area contributed by atoms with Crippen molar-refractivity contribution in [3.63, 3.8) is 0 Å². The van der Waals surface area contributed by atoms with Gasteiger partial charge in [-0.1, -0.05) is 12.1 Å². The number of carbonyl (C=O) groups excluding carboxylic acids is 1. The topological polar surface area (TPSA) is 92.5 Å². The Labute approximate surface area is 98.4 Å². The Kier molecular flexibility index (Phi) is 5.09. The molecule has 0 bridgehead atoms. The minimum absolute atomic E-state index is 0.0225. The summed E-state index contributed by atoms with van der Waals surface area (Å²) in [5.74, 6) is -0.209. The molecular formula is C11H14N2O4. The number of hydrogen-bond donors (Lipinski definition) is 2. The predicted molar refractivity (Wildman–Crippen MR) is 61.5 cm³/mol. The van der Waals surface area contributed by atoms with E-state index < -0.39 is 4.92 Å². The first-order valence-electron chi connectivity index (χ1n) is 5.24. The summed E-state index contributed by atoms with van der Waals surface area (Å²) in [5.41, 5.74) is 0.575. The van der Waals surface area contributed by atoms with Gasteiger partial charge in [-0.15, -0.1) is 0 Å². The molecule has 0 atom stereocenters. The van der Waals surface area contributed by atoms with E-state index in [1.54, 1.807) is 12.1 Å². The summed E-state index contributed by atoms with van der Waals surface area (Å²) < 4.78 is 0. The maximum atomic E-state index is 11.4. The molecule has 0 unspecified atom stereocenters. The molecule has 0 heterocycles. The highest BCUT2D eigenvalue weighted by atomic mass is 16.6. The Morgan fingerprint density at radius 1 is 1.47 bits per heavy atom. The number of rotatable bonds is 6. The third kappa shape index (κ3) is 4.60. The van der Waals surface area contributed by atoms with Gasteiger partial charge in [-0.25, -0.2) is 0 Å². The SMILES string of the molecule is O=C(Cc1cccc([N+](=O)[O-])c1)NCCCO. The van der Waals surface area contributed by atoms with Crippen molar-refractivity contribution in [2.24, 2.45) is 0 Å². The monoisotopic (exact) mass is 238 g/mol. The smallest absolute Gasteiger partial charge is 0.269 e. The lowest BCUT2D eigenvalue weighted by atomic mass is 10.1. The van der Waals surface area contributed by atoms with Crippen LogP contribution in [0.1, 0.15) is 12.0 Å². The number of carbonyl (C=O) groups is 1. The van der Waals surface area contributed by atoms with E-state index >= 15 is 0 Å². The third-order valence-corrected chi connectivity index (χ3v) is 2.14. The summed E-state index contributed by atoms with van der Waals surface area (Å²) >= 11 is 0. The fourth-order valence-electron chi connectivity index (χ4n) is 1.33. The van der Waals surface area contributed by atoms with Crippen LogP contribution in [0.15, 0.2) is 24.3 Å². The second-order valence-corrected chi connectivity index (χ2v) is 3.53. The zero-order valence-electron chi connectivity index (χ0n) is 9.26. The van der Waals surface area contributed by atoms with Crippen LogP contribution < -0.4 is 5.32 Å². The summed E-state index contributed by atoms with van der Waals surface area (Å²) in [6, 6.07) is 5.98. The quantitative estimate of drug-likeness (QED) is 0.432. The molecule has 0 aliphatic heterocycles. The lowest BCUT2D eigenvalue weighted by Crippen LogP contribution is -2.26. The molecule has 0 aliphatic rings. The second-order valence-electron chi connectivity index (χ2n) is 3.53. The number of nitrogens with one attached hydrogen (secondary N) is 1. The molecule has 6 heteroatoms. The Morgan fingerprint density at radius 3 is 2.88 bits per heavy atom. The molecule has 0 aromatic heterocycles. The van der Waals surface area contributed by atoms with Crippen LogP contribution in [0, 0.1) is 10.1 Å². The van der Waals surface area contributed by atoms with Crippen LogP contribution >= 0.6 is 0 Å². The van der Waals surface area contributed by atoms with Gasteiger partial charge < -0.3 is 10.4 Å². The summed E-state index contributed by atoms with van der Waals surface area (Å²) in [7, 11) is 0. The number of amides is 1. The van der Waals surface area contributed by atoms with Crippen LogP contribution in [0.2, 0.25) is 0 Å². The normalized spacial score (nSPS) is 9.94. The zero-order chi connectivity index (χ0) is 12.7. The van der Waals surface area contributed by atoms with E-state index in [1.165, 1.54) is 12.1 Å². The van der Waals surface area contributed by atoms with Gasteiger partial charge in [0.15, 0.2) is 0 Å². The number of aliphatic hydroxyl groups excluding tert-OH is 1. The standard InChI is InChI=1S/C11H14N2O4/c14-6-2-5-12-11(15)8-9-3-1-4-10(7-9)13(16)17/h1,3-4,7,14H,2,5-6,8H2,(H,12,15). The average molecular weight is 238 g/mol. The van der Waals surface area contributed by atoms with Gasteiger partial charge in [0.25, 0.3) is 5.69 Å². The molecule has 1 rings (SSSR count). The maximum Gasteiger partial charge on any atom is 0.269 e. The van der Waals surface area contributed by atoms with Gasteiger partial charge in [0.05, 0.1) is 11.3 Å². The summed E-state index contributed by atoms with van der Waals surface area (Å²) in [6.45, 7) is 0.432. The molecule has 0 aliphatic carbocycles. The van der Waals surface area contributed by atoms with E-state index in [2.05, 4.69) is 5.32 Å². The molecule has 2 N–H and O–H groups in total. The number of nitrogens with zero attached hydrogens (tertiary/aromatic N) is 1. The highest BCUT2D eigenvalue weighted by molar-refractivity contribution is 5.78. The van der Waals surface area contributed by atoms with Crippen molar-refractivity contribution in [2.45, 2.75) is 12.8 Å². The minimum atomic E-state index is -0.493.